The van der Waals surface area contributed by atoms with Crippen LogP contribution in [0.1, 0.15) is 73.9 Å². The van der Waals surface area contributed by atoms with Gasteiger partial charge in [-0.2, -0.15) is 0 Å². The summed E-state index contributed by atoms with van der Waals surface area (Å²) in [7, 11) is 0. The van der Waals surface area contributed by atoms with Crippen LogP contribution in [0.4, 0.5) is 11.4 Å². The highest BCUT2D eigenvalue weighted by molar-refractivity contribution is 6.21. The molecule has 0 unspecified atom stereocenters. The first-order valence-electron chi connectivity index (χ1n) is 20.1. The van der Waals surface area contributed by atoms with Crippen LogP contribution in [0, 0.1) is 0 Å². The first-order valence-corrected chi connectivity index (χ1v) is 20.1. The lowest BCUT2D eigenvalue weighted by atomic mass is 9.78. The molecular weight excluding hydrogens is 667 g/mol. The molecule has 2 aromatic heterocycles. The second-order valence-electron chi connectivity index (χ2n) is 16.3. The Bertz CT molecular complexity index is 2870. The third-order valence-electron chi connectivity index (χ3n) is 12.9. The van der Waals surface area contributed by atoms with Crippen LogP contribution in [0.3, 0.4) is 0 Å². The molecule has 55 heavy (non-hydrogen) atoms. The molecule has 0 atom stereocenters. The van der Waals surface area contributed by atoms with Gasteiger partial charge < -0.3 is 14.0 Å². The van der Waals surface area contributed by atoms with Crippen molar-refractivity contribution in [1.29, 1.82) is 0 Å². The summed E-state index contributed by atoms with van der Waals surface area (Å²) in [6.07, 6.45) is 30.3. The minimum Gasteiger partial charge on any atom is -0.316 e. The number of nitrogens with zero attached hydrogens (tertiary/aromatic N) is 3. The van der Waals surface area contributed by atoms with Crippen molar-refractivity contribution in [3.8, 4) is 0 Å². The third-order valence-corrected chi connectivity index (χ3v) is 12.9. The number of fused-ring (bicyclic) bond motifs is 10. The molecule has 3 heteroatoms. The Hall–Kier alpha value is -6.06. The van der Waals surface area contributed by atoms with E-state index in [1.54, 1.807) is 5.57 Å². The Balaban J connectivity index is 1.18. The smallest absolute Gasteiger partial charge is 0.0638 e. The number of allylic oxidation sites excluding steroid dienone is 13. The molecule has 5 aliphatic rings. The third kappa shape index (κ3) is 4.75. The molecule has 0 radical (unpaired) electrons. The zero-order valence-electron chi connectivity index (χ0n) is 31.8. The molecule has 268 valence electrons. The number of rotatable bonds is 3. The van der Waals surface area contributed by atoms with Crippen LogP contribution in [-0.4, -0.2) is 9.13 Å². The van der Waals surface area contributed by atoms with Crippen molar-refractivity contribution in [3.05, 3.63) is 179 Å². The SMILES string of the molecule is C=C1/C=C\C=C(\n2c3c(c4c2ccc2c5ccccc5n(C5=CC=CCC5)c24)C=CCC3)Cc2cc3c(cc2N1c1ccccc1)C(C)(C)C1=C3C=CCC1. The van der Waals surface area contributed by atoms with E-state index in [4.69, 9.17) is 6.58 Å². The average molecular weight is 712 g/mol. The van der Waals surface area contributed by atoms with E-state index in [1.165, 1.54) is 83.3 Å². The molecule has 3 nitrogen and oxygen atoms in total. The summed E-state index contributed by atoms with van der Waals surface area (Å²) in [5.41, 5.74) is 19.7. The zero-order chi connectivity index (χ0) is 36.8. The number of benzene rings is 4. The quantitative estimate of drug-likeness (QED) is 0.178. The first-order chi connectivity index (χ1) is 27.0. The highest BCUT2D eigenvalue weighted by atomic mass is 15.1. The maximum atomic E-state index is 4.69. The molecule has 0 N–H and O–H groups in total. The maximum Gasteiger partial charge on any atom is 0.0638 e. The van der Waals surface area contributed by atoms with Crippen LogP contribution in [0.25, 0.3) is 55.8 Å². The van der Waals surface area contributed by atoms with Gasteiger partial charge in [-0.25, -0.2) is 0 Å². The molecule has 0 saturated heterocycles. The summed E-state index contributed by atoms with van der Waals surface area (Å²) in [4.78, 5) is 2.38. The van der Waals surface area contributed by atoms with Gasteiger partial charge in [0.15, 0.2) is 0 Å². The number of hydrogen-bond acceptors (Lipinski definition) is 1. The Morgan fingerprint density at radius 1 is 0.673 bits per heavy atom. The lowest BCUT2D eigenvalue weighted by Crippen LogP contribution is -2.21. The van der Waals surface area contributed by atoms with E-state index in [1.807, 2.05) is 0 Å². The molecule has 0 fully saturated rings. The number of hydrogen-bond donors (Lipinski definition) is 0. The fraction of sp³-hybridized carbons (Fsp3) is 0.192. The van der Waals surface area contributed by atoms with E-state index >= 15 is 0 Å². The van der Waals surface area contributed by atoms with Gasteiger partial charge in [-0.05, 0) is 115 Å². The number of para-hydroxylation sites is 2. The van der Waals surface area contributed by atoms with Crippen molar-refractivity contribution in [3.63, 3.8) is 0 Å². The Morgan fingerprint density at radius 3 is 2.35 bits per heavy atom. The van der Waals surface area contributed by atoms with E-state index in [0.717, 1.165) is 56.3 Å². The van der Waals surface area contributed by atoms with Crippen molar-refractivity contribution < 1.29 is 0 Å². The van der Waals surface area contributed by atoms with Crippen LogP contribution in [0.2, 0.25) is 0 Å². The fourth-order valence-electron chi connectivity index (χ4n) is 10.4. The monoisotopic (exact) mass is 711 g/mol. The normalized spacial score (nSPS) is 20.1. The molecule has 0 saturated carbocycles. The highest BCUT2D eigenvalue weighted by Gasteiger charge is 2.39. The van der Waals surface area contributed by atoms with E-state index in [0.29, 0.717) is 0 Å². The van der Waals surface area contributed by atoms with Crippen molar-refractivity contribution in [2.45, 2.75) is 64.2 Å². The first kappa shape index (κ1) is 32.4. The van der Waals surface area contributed by atoms with Gasteiger partial charge in [0.1, 0.15) is 0 Å². The molecule has 0 bridgehead atoms. The Kier molecular flexibility index (Phi) is 7.20. The minimum absolute atomic E-state index is 0.0312. The predicted molar refractivity (Wildman–Crippen MR) is 235 cm³/mol. The highest BCUT2D eigenvalue weighted by Crippen LogP contribution is 2.53. The molecule has 4 aliphatic carbocycles. The summed E-state index contributed by atoms with van der Waals surface area (Å²) < 4.78 is 5.20. The average Bonchev–Trinajstić information content (AvgIpc) is 3.82. The molecular formula is C52H45N3. The topological polar surface area (TPSA) is 13.1 Å². The zero-order valence-corrected chi connectivity index (χ0v) is 31.8. The summed E-state index contributed by atoms with van der Waals surface area (Å²) in [5, 5.41) is 3.99. The largest absolute Gasteiger partial charge is 0.316 e. The molecule has 4 aromatic carbocycles. The van der Waals surface area contributed by atoms with Gasteiger partial charge in [-0.3, -0.25) is 0 Å². The standard InChI is InChI=1S/C52H45N3/c1-34-17-16-22-38(31-35-32-43-39-23-10-13-26-44(39)52(2,3)45(43)33-49(35)53(34)36-18-6-4-7-19-36)54-47-28-15-12-25-42(47)50-48(54)30-29-41-40-24-11-14-27-46(40)55(51(41)50)37-20-8-5-9-21-37/h4-8,10-12,14,16-20,22-25,27,29-30,32-33H,1,9,13,15,21,26,28,31H2,2-3H3/b17-16-,38-22+. The molecule has 3 heterocycles. The summed E-state index contributed by atoms with van der Waals surface area (Å²) in [6.45, 7) is 9.54. The van der Waals surface area contributed by atoms with Gasteiger partial charge in [0.2, 0.25) is 0 Å². The summed E-state index contributed by atoms with van der Waals surface area (Å²) in [5.74, 6) is 0. The van der Waals surface area contributed by atoms with Gasteiger partial charge >= 0.3 is 0 Å². The van der Waals surface area contributed by atoms with Crippen molar-refractivity contribution >= 4 is 67.1 Å². The van der Waals surface area contributed by atoms with Gasteiger partial charge in [-0.15, -0.1) is 0 Å². The van der Waals surface area contributed by atoms with Gasteiger partial charge in [0.25, 0.3) is 0 Å². The molecule has 1 aliphatic heterocycles. The van der Waals surface area contributed by atoms with E-state index in [9.17, 15) is 0 Å². The van der Waals surface area contributed by atoms with Crippen LogP contribution in [0.5, 0.6) is 0 Å². The predicted octanol–water partition coefficient (Wildman–Crippen LogP) is 13.6. The maximum absolute atomic E-state index is 4.69. The summed E-state index contributed by atoms with van der Waals surface area (Å²) >= 11 is 0. The van der Waals surface area contributed by atoms with Crippen LogP contribution < -0.4 is 4.90 Å². The van der Waals surface area contributed by atoms with E-state index in [2.05, 4.69) is 168 Å². The van der Waals surface area contributed by atoms with Crippen LogP contribution >= 0.6 is 0 Å². The van der Waals surface area contributed by atoms with Gasteiger partial charge in [-0.1, -0.05) is 111 Å². The van der Waals surface area contributed by atoms with Crippen molar-refractivity contribution in [1.82, 2.24) is 9.13 Å². The molecule has 0 spiro atoms. The van der Waals surface area contributed by atoms with Gasteiger partial charge in [0.05, 0.1) is 22.2 Å². The molecule has 6 aromatic rings. The van der Waals surface area contributed by atoms with E-state index < -0.39 is 0 Å². The molecule has 0 amide bonds. The van der Waals surface area contributed by atoms with Crippen LogP contribution in [0.15, 0.2) is 151 Å². The van der Waals surface area contributed by atoms with Crippen molar-refractivity contribution in [2.24, 2.45) is 0 Å². The minimum atomic E-state index is -0.0312. The number of aromatic nitrogens is 2. The number of anilines is 2. The molecule has 11 rings (SSSR count). The lowest BCUT2D eigenvalue weighted by molar-refractivity contribution is 0.607. The van der Waals surface area contributed by atoms with E-state index in [-0.39, 0.29) is 5.41 Å². The summed E-state index contributed by atoms with van der Waals surface area (Å²) in [6, 6.07) is 29.6. The Labute approximate surface area is 323 Å². The van der Waals surface area contributed by atoms with Crippen LogP contribution in [-0.2, 0) is 18.3 Å². The lowest BCUT2D eigenvalue weighted by Gasteiger charge is -2.31. The fourth-order valence-corrected chi connectivity index (χ4v) is 10.4. The second-order valence-corrected chi connectivity index (χ2v) is 16.3. The Morgan fingerprint density at radius 2 is 1.47 bits per heavy atom. The van der Waals surface area contributed by atoms with Gasteiger partial charge in [0, 0.05) is 62.0 Å². The second kappa shape index (κ2) is 12.2. The van der Waals surface area contributed by atoms with Crippen molar-refractivity contribution in [2.75, 3.05) is 4.90 Å².